The smallest absolute Gasteiger partial charge is 0.321 e. The highest BCUT2D eigenvalue weighted by Crippen LogP contribution is 2.31. The number of urea groups is 1. The molecule has 2 aromatic rings. The summed E-state index contributed by atoms with van der Waals surface area (Å²) in [6.07, 6.45) is 0. The van der Waals surface area contributed by atoms with Gasteiger partial charge in [0.2, 0.25) is 11.8 Å². The van der Waals surface area contributed by atoms with Crippen LogP contribution >= 0.6 is 23.2 Å². The summed E-state index contributed by atoms with van der Waals surface area (Å²) in [6, 6.07) is 7.42. The van der Waals surface area contributed by atoms with Crippen LogP contribution in [0.1, 0.15) is 0 Å². The highest BCUT2D eigenvalue weighted by molar-refractivity contribution is 6.35. The molecule has 0 aliphatic heterocycles. The van der Waals surface area contributed by atoms with Gasteiger partial charge in [0.25, 0.3) is 0 Å². The molecule has 1 aromatic carbocycles. The Bertz CT molecular complexity index is 693. The van der Waals surface area contributed by atoms with Crippen LogP contribution in [0.15, 0.2) is 30.3 Å². The monoisotopic (exact) mass is 343 g/mol. The van der Waals surface area contributed by atoms with Gasteiger partial charge in [-0.05, 0) is 30.3 Å². The van der Waals surface area contributed by atoms with Crippen LogP contribution in [0, 0.1) is 5.95 Å². The maximum atomic E-state index is 13.3. The molecule has 0 atom stereocenters. The van der Waals surface area contributed by atoms with Gasteiger partial charge in [-0.2, -0.15) is 9.37 Å². The van der Waals surface area contributed by atoms with E-state index in [9.17, 15) is 9.18 Å². The Kier molecular flexibility index (Phi) is 5.05. The first-order chi connectivity index (χ1) is 10.4. The third-order valence-electron chi connectivity index (χ3n) is 2.58. The number of carbonyl (C=O) groups is 1. The SMILES string of the molecule is CN(C)C(=O)Nc1ccc(Oc2nc(F)c(Cl)cc2Cl)cc1. The molecular formula is C14H12Cl2FN3O2. The van der Waals surface area contributed by atoms with Crippen molar-refractivity contribution in [1.82, 2.24) is 9.88 Å². The van der Waals surface area contributed by atoms with Crippen LogP contribution in [0.5, 0.6) is 11.6 Å². The Labute approximate surface area is 136 Å². The molecule has 0 fully saturated rings. The number of ether oxygens (including phenoxy) is 1. The number of aromatic nitrogens is 1. The number of carbonyl (C=O) groups excluding carboxylic acids is 1. The first-order valence-electron chi connectivity index (χ1n) is 6.14. The second-order valence-corrected chi connectivity index (χ2v) is 5.31. The van der Waals surface area contributed by atoms with Crippen LogP contribution < -0.4 is 10.1 Å². The van der Waals surface area contributed by atoms with E-state index < -0.39 is 5.95 Å². The Balaban J connectivity index is 2.12. The standard InChI is InChI=1S/C14H12Cl2FN3O2/c1-20(2)14(21)18-8-3-5-9(6-4-8)22-13-11(16)7-10(15)12(17)19-13/h3-7H,1-2H3,(H,18,21). The second-order valence-electron chi connectivity index (χ2n) is 4.50. The zero-order valence-electron chi connectivity index (χ0n) is 11.7. The van der Waals surface area contributed by atoms with Gasteiger partial charge >= 0.3 is 6.03 Å². The molecule has 0 unspecified atom stereocenters. The van der Waals surface area contributed by atoms with Crippen molar-refractivity contribution in [2.45, 2.75) is 0 Å². The Morgan fingerprint density at radius 3 is 2.45 bits per heavy atom. The molecule has 1 heterocycles. The van der Waals surface area contributed by atoms with Crippen LogP contribution in [0.25, 0.3) is 0 Å². The maximum Gasteiger partial charge on any atom is 0.321 e. The van der Waals surface area contributed by atoms with Crippen LogP contribution in [0.2, 0.25) is 10.0 Å². The molecule has 2 amide bonds. The molecule has 0 aliphatic carbocycles. The zero-order chi connectivity index (χ0) is 16.3. The lowest BCUT2D eigenvalue weighted by molar-refractivity contribution is 0.230. The maximum absolute atomic E-state index is 13.3. The summed E-state index contributed by atoms with van der Waals surface area (Å²) in [5.74, 6) is -0.566. The quantitative estimate of drug-likeness (QED) is 0.839. The number of halogens is 3. The normalized spacial score (nSPS) is 10.2. The molecule has 1 N–H and O–H groups in total. The Morgan fingerprint density at radius 2 is 1.86 bits per heavy atom. The summed E-state index contributed by atoms with van der Waals surface area (Å²) in [5, 5.41) is 2.59. The van der Waals surface area contributed by atoms with Crippen molar-refractivity contribution in [3.63, 3.8) is 0 Å². The van der Waals surface area contributed by atoms with E-state index in [2.05, 4.69) is 10.3 Å². The van der Waals surface area contributed by atoms with Gasteiger partial charge in [-0.25, -0.2) is 4.79 Å². The highest BCUT2D eigenvalue weighted by atomic mass is 35.5. The third kappa shape index (κ3) is 3.99. The Morgan fingerprint density at radius 1 is 1.23 bits per heavy atom. The van der Waals surface area contributed by atoms with E-state index in [0.717, 1.165) is 0 Å². The zero-order valence-corrected chi connectivity index (χ0v) is 13.2. The number of anilines is 1. The van der Waals surface area contributed by atoms with Gasteiger partial charge in [0.15, 0.2) is 0 Å². The summed E-state index contributed by atoms with van der Waals surface area (Å²) in [7, 11) is 3.27. The average Bonchev–Trinajstić information content (AvgIpc) is 2.46. The lowest BCUT2D eigenvalue weighted by Gasteiger charge is -2.12. The number of pyridine rings is 1. The van der Waals surface area contributed by atoms with E-state index in [1.807, 2.05) is 0 Å². The number of hydrogen-bond acceptors (Lipinski definition) is 3. The van der Waals surface area contributed by atoms with Gasteiger partial charge < -0.3 is 15.0 Å². The minimum Gasteiger partial charge on any atom is -0.437 e. The predicted octanol–water partition coefficient (Wildman–Crippen LogP) is 4.41. The summed E-state index contributed by atoms with van der Waals surface area (Å²) in [6.45, 7) is 0. The number of nitrogens with one attached hydrogen (secondary N) is 1. The van der Waals surface area contributed by atoms with Crippen molar-refractivity contribution < 1.29 is 13.9 Å². The van der Waals surface area contributed by atoms with Crippen LogP contribution in [-0.2, 0) is 0 Å². The molecule has 8 heteroatoms. The van der Waals surface area contributed by atoms with Crippen molar-refractivity contribution in [2.24, 2.45) is 0 Å². The molecule has 0 bridgehead atoms. The summed E-state index contributed by atoms with van der Waals surface area (Å²) < 4.78 is 18.7. The molecule has 5 nitrogen and oxygen atoms in total. The van der Waals surface area contributed by atoms with Crippen LogP contribution in [-0.4, -0.2) is 30.0 Å². The molecule has 22 heavy (non-hydrogen) atoms. The average molecular weight is 344 g/mol. The largest absolute Gasteiger partial charge is 0.437 e. The second kappa shape index (κ2) is 6.81. The molecule has 0 saturated carbocycles. The fourth-order valence-corrected chi connectivity index (χ4v) is 1.85. The van der Waals surface area contributed by atoms with Crippen molar-refractivity contribution in [2.75, 3.05) is 19.4 Å². The van der Waals surface area contributed by atoms with Gasteiger partial charge in [-0.15, -0.1) is 0 Å². The van der Waals surface area contributed by atoms with Gasteiger partial charge in [-0.3, -0.25) is 0 Å². The van der Waals surface area contributed by atoms with Crippen molar-refractivity contribution in [1.29, 1.82) is 0 Å². The lowest BCUT2D eigenvalue weighted by Crippen LogP contribution is -2.27. The van der Waals surface area contributed by atoms with E-state index >= 15 is 0 Å². The summed E-state index contributed by atoms with van der Waals surface area (Å²) in [4.78, 5) is 16.4. The summed E-state index contributed by atoms with van der Waals surface area (Å²) >= 11 is 11.4. The number of benzene rings is 1. The van der Waals surface area contributed by atoms with E-state index in [4.69, 9.17) is 27.9 Å². The molecule has 0 radical (unpaired) electrons. The van der Waals surface area contributed by atoms with Gasteiger partial charge in [0, 0.05) is 19.8 Å². The molecule has 1 aromatic heterocycles. The molecule has 0 spiro atoms. The fourth-order valence-electron chi connectivity index (χ4n) is 1.45. The summed E-state index contributed by atoms with van der Waals surface area (Å²) in [5.41, 5.74) is 0.590. The fraction of sp³-hybridized carbons (Fsp3) is 0.143. The molecule has 0 aliphatic rings. The van der Waals surface area contributed by atoms with Gasteiger partial charge in [0.1, 0.15) is 10.8 Å². The van der Waals surface area contributed by atoms with E-state index in [1.165, 1.54) is 11.0 Å². The minimum absolute atomic E-state index is 0.0892. The van der Waals surface area contributed by atoms with E-state index in [0.29, 0.717) is 11.4 Å². The number of amides is 2. The molecule has 2 rings (SSSR count). The Hall–Kier alpha value is -2.05. The number of nitrogens with zero attached hydrogens (tertiary/aromatic N) is 2. The first-order valence-corrected chi connectivity index (χ1v) is 6.90. The van der Waals surface area contributed by atoms with E-state index in [1.54, 1.807) is 38.4 Å². The number of rotatable bonds is 3. The minimum atomic E-state index is -0.865. The van der Waals surface area contributed by atoms with E-state index in [-0.39, 0.29) is 22.0 Å². The topological polar surface area (TPSA) is 54.5 Å². The first kappa shape index (κ1) is 16.3. The predicted molar refractivity (Wildman–Crippen MR) is 83.4 cm³/mol. The molecule has 116 valence electrons. The van der Waals surface area contributed by atoms with Crippen molar-refractivity contribution in [3.8, 4) is 11.6 Å². The van der Waals surface area contributed by atoms with Gasteiger partial charge in [-0.1, -0.05) is 23.2 Å². The lowest BCUT2D eigenvalue weighted by atomic mass is 10.3. The van der Waals surface area contributed by atoms with Gasteiger partial charge in [0.05, 0.1) is 5.02 Å². The van der Waals surface area contributed by atoms with Crippen molar-refractivity contribution in [3.05, 3.63) is 46.3 Å². The molecular weight excluding hydrogens is 332 g/mol. The third-order valence-corrected chi connectivity index (χ3v) is 3.12. The van der Waals surface area contributed by atoms with Crippen molar-refractivity contribution >= 4 is 34.9 Å². The number of hydrogen-bond donors (Lipinski definition) is 1. The molecule has 0 saturated heterocycles. The van der Waals surface area contributed by atoms with Crippen LogP contribution in [0.3, 0.4) is 0 Å². The highest BCUT2D eigenvalue weighted by Gasteiger charge is 2.11. The van der Waals surface area contributed by atoms with Crippen LogP contribution in [0.4, 0.5) is 14.9 Å².